The van der Waals surface area contributed by atoms with E-state index >= 15 is 0 Å². The summed E-state index contributed by atoms with van der Waals surface area (Å²) in [7, 11) is 0. The monoisotopic (exact) mass is 321 g/mol. The first kappa shape index (κ1) is 14.6. The summed E-state index contributed by atoms with van der Waals surface area (Å²) in [6.07, 6.45) is -0.974. The maximum atomic E-state index is 12.5. The van der Waals surface area contributed by atoms with E-state index in [0.717, 1.165) is 17.0 Å². The molecule has 0 atom stereocenters. The lowest BCUT2D eigenvalue weighted by Gasteiger charge is -2.08. The highest BCUT2D eigenvalue weighted by Gasteiger charge is 2.30. The molecule has 0 unspecified atom stereocenters. The molecular formula is C16H10F3NOS. The highest BCUT2D eigenvalue weighted by Crippen LogP contribution is 2.30. The van der Waals surface area contributed by atoms with E-state index < -0.39 is 11.7 Å². The number of carbonyl (C=O) groups excluding carboxylic acids is 1. The van der Waals surface area contributed by atoms with Gasteiger partial charge in [0.15, 0.2) is 0 Å². The molecule has 0 fully saturated rings. The second-order valence-corrected chi connectivity index (χ2v) is 5.68. The fourth-order valence-corrected chi connectivity index (χ4v) is 2.75. The molecule has 0 radical (unpaired) electrons. The van der Waals surface area contributed by atoms with Gasteiger partial charge in [-0.15, -0.1) is 11.3 Å². The van der Waals surface area contributed by atoms with Gasteiger partial charge in [0.2, 0.25) is 0 Å². The second-order valence-electron chi connectivity index (χ2n) is 4.70. The van der Waals surface area contributed by atoms with E-state index in [0.29, 0.717) is 16.8 Å². The minimum atomic E-state index is -4.37. The Kier molecular flexibility index (Phi) is 3.62. The molecule has 2 aromatic rings. The van der Waals surface area contributed by atoms with E-state index in [1.165, 1.54) is 23.5 Å². The SMILES string of the molecule is O=C1NC(c2ccc(C(F)(F)F)cc2)=CC1=Cc1cccs1. The number of hydrogen-bond acceptors (Lipinski definition) is 2. The van der Waals surface area contributed by atoms with Crippen molar-refractivity contribution in [3.63, 3.8) is 0 Å². The summed E-state index contributed by atoms with van der Waals surface area (Å²) in [6, 6.07) is 8.47. The zero-order valence-electron chi connectivity index (χ0n) is 11.1. The lowest BCUT2D eigenvalue weighted by molar-refractivity contribution is -0.137. The van der Waals surface area contributed by atoms with E-state index in [1.54, 1.807) is 12.2 Å². The maximum Gasteiger partial charge on any atom is 0.416 e. The molecule has 2 heterocycles. The summed E-state index contributed by atoms with van der Waals surface area (Å²) in [5, 5.41) is 4.57. The molecule has 1 aromatic carbocycles. The van der Waals surface area contributed by atoms with Crippen LogP contribution < -0.4 is 5.32 Å². The third kappa shape index (κ3) is 2.96. The van der Waals surface area contributed by atoms with Gasteiger partial charge in [-0.05, 0) is 41.3 Å². The van der Waals surface area contributed by atoms with Crippen LogP contribution in [0, 0.1) is 0 Å². The van der Waals surface area contributed by atoms with Gasteiger partial charge in [-0.25, -0.2) is 0 Å². The third-order valence-electron chi connectivity index (χ3n) is 3.17. The number of thiophene rings is 1. The summed E-state index contributed by atoms with van der Waals surface area (Å²) < 4.78 is 37.6. The fraction of sp³-hybridized carbons (Fsp3) is 0.0625. The third-order valence-corrected chi connectivity index (χ3v) is 3.99. The number of benzene rings is 1. The van der Waals surface area contributed by atoms with E-state index in [1.807, 2.05) is 17.5 Å². The Morgan fingerprint density at radius 3 is 2.41 bits per heavy atom. The van der Waals surface area contributed by atoms with Crippen LogP contribution in [0.3, 0.4) is 0 Å². The Morgan fingerprint density at radius 2 is 1.82 bits per heavy atom. The van der Waals surface area contributed by atoms with Crippen LogP contribution in [0.4, 0.5) is 13.2 Å². The van der Waals surface area contributed by atoms with Crippen LogP contribution >= 0.6 is 11.3 Å². The quantitative estimate of drug-likeness (QED) is 0.820. The Labute approximate surface area is 128 Å². The van der Waals surface area contributed by atoms with Gasteiger partial charge in [0.1, 0.15) is 0 Å². The summed E-state index contributed by atoms with van der Waals surface area (Å²) in [6.45, 7) is 0. The maximum absolute atomic E-state index is 12.5. The number of nitrogens with one attached hydrogen (secondary N) is 1. The van der Waals surface area contributed by atoms with Crippen molar-refractivity contribution in [3.8, 4) is 0 Å². The van der Waals surface area contributed by atoms with Gasteiger partial charge in [-0.1, -0.05) is 18.2 Å². The largest absolute Gasteiger partial charge is 0.416 e. The van der Waals surface area contributed by atoms with Gasteiger partial charge >= 0.3 is 6.18 Å². The molecule has 1 amide bonds. The lowest BCUT2D eigenvalue weighted by Crippen LogP contribution is -2.15. The van der Waals surface area contributed by atoms with Crippen LogP contribution in [0.15, 0.2) is 53.4 Å². The molecule has 0 aliphatic carbocycles. The van der Waals surface area contributed by atoms with E-state index in [9.17, 15) is 18.0 Å². The van der Waals surface area contributed by atoms with Gasteiger partial charge in [0, 0.05) is 16.1 Å². The highest BCUT2D eigenvalue weighted by atomic mass is 32.1. The predicted molar refractivity (Wildman–Crippen MR) is 79.9 cm³/mol. The molecule has 0 spiro atoms. The van der Waals surface area contributed by atoms with Gasteiger partial charge in [-0.2, -0.15) is 13.2 Å². The first-order chi connectivity index (χ1) is 10.4. The van der Waals surface area contributed by atoms with Gasteiger partial charge in [0.25, 0.3) is 5.91 Å². The highest BCUT2D eigenvalue weighted by molar-refractivity contribution is 7.10. The number of halogens is 3. The zero-order chi connectivity index (χ0) is 15.7. The van der Waals surface area contributed by atoms with E-state index in [2.05, 4.69) is 5.32 Å². The number of amides is 1. The number of rotatable bonds is 2. The van der Waals surface area contributed by atoms with Crippen molar-refractivity contribution in [1.29, 1.82) is 0 Å². The van der Waals surface area contributed by atoms with Crippen molar-refractivity contribution in [2.75, 3.05) is 0 Å². The molecule has 2 nitrogen and oxygen atoms in total. The van der Waals surface area contributed by atoms with Crippen molar-refractivity contribution in [2.24, 2.45) is 0 Å². The summed E-state index contributed by atoms with van der Waals surface area (Å²) in [5.74, 6) is -0.261. The molecule has 3 rings (SSSR count). The van der Waals surface area contributed by atoms with E-state index in [-0.39, 0.29) is 5.91 Å². The molecule has 1 N–H and O–H groups in total. The van der Waals surface area contributed by atoms with E-state index in [4.69, 9.17) is 0 Å². The van der Waals surface area contributed by atoms with Crippen LogP contribution in [-0.4, -0.2) is 5.91 Å². The Balaban J connectivity index is 1.88. The minimum Gasteiger partial charge on any atom is -0.321 e. The van der Waals surface area contributed by atoms with Crippen LogP contribution in [0.25, 0.3) is 11.8 Å². The molecular weight excluding hydrogens is 311 g/mol. The summed E-state index contributed by atoms with van der Waals surface area (Å²) in [4.78, 5) is 12.8. The normalized spacial score (nSPS) is 16.8. The smallest absolute Gasteiger partial charge is 0.321 e. The van der Waals surface area contributed by atoms with Crippen LogP contribution in [0.5, 0.6) is 0 Å². The molecule has 22 heavy (non-hydrogen) atoms. The van der Waals surface area contributed by atoms with Gasteiger partial charge in [0.05, 0.1) is 5.56 Å². The summed E-state index contributed by atoms with van der Waals surface area (Å²) in [5.41, 5.74) is 0.810. The minimum absolute atomic E-state index is 0.261. The first-order valence-corrected chi connectivity index (χ1v) is 7.27. The lowest BCUT2D eigenvalue weighted by atomic mass is 10.1. The topological polar surface area (TPSA) is 29.1 Å². The molecule has 1 aliphatic heterocycles. The average molecular weight is 321 g/mol. The zero-order valence-corrected chi connectivity index (χ0v) is 12.0. The van der Waals surface area contributed by atoms with Crippen molar-refractivity contribution in [1.82, 2.24) is 5.32 Å². The van der Waals surface area contributed by atoms with Crippen LogP contribution in [0.2, 0.25) is 0 Å². The molecule has 0 saturated carbocycles. The standard InChI is InChI=1S/C16H10F3NOS/c17-16(18,19)12-5-3-10(4-6-12)14-9-11(15(21)20-14)8-13-2-1-7-22-13/h1-9H,(H,20,21). The molecule has 1 aromatic heterocycles. The molecule has 1 aliphatic rings. The van der Waals surface area contributed by atoms with Crippen molar-refractivity contribution >= 4 is 29.0 Å². The Hall–Kier alpha value is -2.34. The first-order valence-electron chi connectivity index (χ1n) is 6.39. The second kappa shape index (κ2) is 5.46. The van der Waals surface area contributed by atoms with Gasteiger partial charge in [-0.3, -0.25) is 4.79 Å². The molecule has 6 heteroatoms. The number of hydrogen-bond donors (Lipinski definition) is 1. The molecule has 0 saturated heterocycles. The van der Waals surface area contributed by atoms with Crippen molar-refractivity contribution < 1.29 is 18.0 Å². The van der Waals surface area contributed by atoms with Crippen molar-refractivity contribution in [3.05, 3.63) is 69.4 Å². The number of alkyl halides is 3. The molecule has 0 bridgehead atoms. The summed E-state index contributed by atoms with van der Waals surface area (Å²) >= 11 is 1.50. The van der Waals surface area contributed by atoms with Gasteiger partial charge < -0.3 is 5.32 Å². The molecule has 112 valence electrons. The van der Waals surface area contributed by atoms with Crippen LogP contribution in [-0.2, 0) is 11.0 Å². The predicted octanol–water partition coefficient (Wildman–Crippen LogP) is 4.32. The fourth-order valence-electron chi connectivity index (χ4n) is 2.08. The Morgan fingerprint density at radius 1 is 1.09 bits per heavy atom. The number of carbonyl (C=O) groups is 1. The van der Waals surface area contributed by atoms with Crippen LogP contribution in [0.1, 0.15) is 16.0 Å². The Bertz CT molecular complexity index is 756. The average Bonchev–Trinajstić information content (AvgIpc) is 3.09. The van der Waals surface area contributed by atoms with Crippen molar-refractivity contribution in [2.45, 2.75) is 6.18 Å².